The third-order valence-electron chi connectivity index (χ3n) is 6.11. The van der Waals surface area contributed by atoms with Crippen molar-refractivity contribution in [2.75, 3.05) is 38.6 Å². The van der Waals surface area contributed by atoms with Crippen LogP contribution in [-0.4, -0.2) is 54.3 Å². The Bertz CT molecular complexity index is 364. The van der Waals surface area contributed by atoms with Gasteiger partial charge in [-0.25, -0.2) is 0 Å². The zero-order valence-electron chi connectivity index (χ0n) is 11.4. The van der Waals surface area contributed by atoms with Gasteiger partial charge in [0.15, 0.2) is 0 Å². The molecule has 106 valence electrons. The summed E-state index contributed by atoms with van der Waals surface area (Å²) in [4.78, 5) is 17.1. The first-order valence-corrected chi connectivity index (χ1v) is 8.40. The Labute approximate surface area is 120 Å². The summed E-state index contributed by atoms with van der Waals surface area (Å²) in [6, 6.07) is 0. The zero-order chi connectivity index (χ0) is 13.0. The van der Waals surface area contributed by atoms with Gasteiger partial charge in [0.1, 0.15) is 0 Å². The van der Waals surface area contributed by atoms with Crippen molar-refractivity contribution < 1.29 is 4.79 Å². The van der Waals surface area contributed by atoms with Gasteiger partial charge in [0.05, 0.1) is 0 Å². The number of rotatable bonds is 3. The molecule has 4 unspecified atom stereocenters. The minimum absolute atomic E-state index is 0.422. The number of carbonyl (C=O) groups is 1. The van der Waals surface area contributed by atoms with Crippen LogP contribution in [0, 0.1) is 29.6 Å². The Kier molecular flexibility index (Phi) is 3.03. The Balaban J connectivity index is 1.34. The van der Waals surface area contributed by atoms with Crippen LogP contribution in [0.2, 0.25) is 0 Å². The molecule has 0 radical (unpaired) electrons. The number of piperazine rings is 1. The predicted molar refractivity (Wildman–Crippen MR) is 75.0 cm³/mol. The lowest BCUT2D eigenvalue weighted by Gasteiger charge is -2.35. The number of fused-ring (bicyclic) bond motifs is 5. The number of hydrogen-bond acceptors (Lipinski definition) is 2. The highest BCUT2D eigenvalue weighted by atomic mass is 35.5. The van der Waals surface area contributed by atoms with Crippen LogP contribution in [0.1, 0.15) is 19.3 Å². The average Bonchev–Trinajstić information content (AvgIpc) is 2.87. The first kappa shape index (κ1) is 12.5. The summed E-state index contributed by atoms with van der Waals surface area (Å²) in [6.45, 7) is 4.81. The Morgan fingerprint density at radius 3 is 2.26 bits per heavy atom. The van der Waals surface area contributed by atoms with E-state index >= 15 is 0 Å². The maximum Gasteiger partial charge on any atom is 0.226 e. The van der Waals surface area contributed by atoms with E-state index in [2.05, 4.69) is 9.80 Å². The fourth-order valence-electron chi connectivity index (χ4n) is 5.18. The molecule has 0 aromatic carbocycles. The van der Waals surface area contributed by atoms with E-state index in [1.165, 1.54) is 19.3 Å². The molecule has 4 rings (SSSR count). The molecule has 19 heavy (non-hydrogen) atoms. The molecule has 3 saturated carbocycles. The van der Waals surface area contributed by atoms with Gasteiger partial charge >= 0.3 is 0 Å². The topological polar surface area (TPSA) is 23.6 Å². The molecule has 1 amide bonds. The largest absolute Gasteiger partial charge is 0.340 e. The molecular weight excluding hydrogens is 260 g/mol. The molecule has 3 aliphatic carbocycles. The van der Waals surface area contributed by atoms with Crippen LogP contribution in [-0.2, 0) is 4.79 Å². The molecule has 0 N–H and O–H groups in total. The van der Waals surface area contributed by atoms with Gasteiger partial charge in [0.25, 0.3) is 0 Å². The van der Waals surface area contributed by atoms with Gasteiger partial charge in [-0.05, 0) is 42.9 Å². The maximum atomic E-state index is 12.6. The van der Waals surface area contributed by atoms with E-state index in [9.17, 15) is 4.79 Å². The van der Waals surface area contributed by atoms with Crippen LogP contribution in [0.15, 0.2) is 0 Å². The van der Waals surface area contributed by atoms with Gasteiger partial charge in [-0.3, -0.25) is 9.69 Å². The highest BCUT2D eigenvalue weighted by Crippen LogP contribution is 2.69. The van der Waals surface area contributed by atoms with Gasteiger partial charge in [0.2, 0.25) is 5.91 Å². The number of carbonyl (C=O) groups excluding carboxylic acids is 1. The van der Waals surface area contributed by atoms with Crippen molar-refractivity contribution in [3.63, 3.8) is 0 Å². The molecule has 3 nitrogen and oxygen atoms in total. The van der Waals surface area contributed by atoms with Crippen molar-refractivity contribution in [3.05, 3.63) is 0 Å². The summed E-state index contributed by atoms with van der Waals surface area (Å²) < 4.78 is 0. The monoisotopic (exact) mass is 282 g/mol. The van der Waals surface area contributed by atoms with Crippen LogP contribution in [0.4, 0.5) is 0 Å². The summed E-state index contributed by atoms with van der Waals surface area (Å²) >= 11 is 5.78. The summed E-state index contributed by atoms with van der Waals surface area (Å²) in [7, 11) is 0. The second-order valence-electron chi connectivity index (χ2n) is 6.87. The Morgan fingerprint density at radius 2 is 1.68 bits per heavy atom. The van der Waals surface area contributed by atoms with Crippen LogP contribution < -0.4 is 0 Å². The van der Waals surface area contributed by atoms with Crippen molar-refractivity contribution in [2.24, 2.45) is 29.6 Å². The molecule has 1 heterocycles. The number of halogens is 1. The van der Waals surface area contributed by atoms with E-state index in [1.54, 1.807) is 0 Å². The van der Waals surface area contributed by atoms with Gasteiger partial charge < -0.3 is 4.90 Å². The molecule has 1 aliphatic heterocycles. The normalized spacial score (nSPS) is 44.5. The number of nitrogens with zero attached hydrogens (tertiary/aromatic N) is 2. The molecular formula is C15H23ClN2O. The van der Waals surface area contributed by atoms with Crippen LogP contribution in [0.3, 0.4) is 0 Å². The molecule has 4 fully saturated rings. The SMILES string of the molecule is O=C(C1C2C3CCC(C3)C12)N1CCN(CCCl)CC1. The van der Waals surface area contributed by atoms with Gasteiger partial charge in [-0.1, -0.05) is 0 Å². The smallest absolute Gasteiger partial charge is 0.226 e. The first-order valence-electron chi connectivity index (χ1n) is 7.86. The van der Waals surface area contributed by atoms with E-state index < -0.39 is 0 Å². The summed E-state index contributed by atoms with van der Waals surface area (Å²) in [5.41, 5.74) is 0. The number of alkyl halides is 1. The highest BCUT2D eigenvalue weighted by Gasteiger charge is 2.67. The second-order valence-corrected chi connectivity index (χ2v) is 7.25. The fourth-order valence-corrected chi connectivity index (χ4v) is 5.42. The lowest BCUT2D eigenvalue weighted by atomic mass is 10.0. The summed E-state index contributed by atoms with van der Waals surface area (Å²) in [6.07, 6.45) is 4.24. The zero-order valence-corrected chi connectivity index (χ0v) is 12.2. The lowest BCUT2D eigenvalue weighted by molar-refractivity contribution is -0.135. The Hall–Kier alpha value is -0.280. The Morgan fingerprint density at radius 1 is 1.05 bits per heavy atom. The van der Waals surface area contributed by atoms with Gasteiger partial charge in [-0.15, -0.1) is 11.6 Å². The molecule has 4 atom stereocenters. The summed E-state index contributed by atoms with van der Waals surface area (Å²) in [5.74, 6) is 4.98. The van der Waals surface area contributed by atoms with E-state index in [0.29, 0.717) is 17.7 Å². The van der Waals surface area contributed by atoms with Crippen molar-refractivity contribution in [2.45, 2.75) is 19.3 Å². The van der Waals surface area contributed by atoms with Crippen molar-refractivity contribution in [1.29, 1.82) is 0 Å². The molecule has 4 heteroatoms. The van der Waals surface area contributed by atoms with Gasteiger partial charge in [0, 0.05) is 44.5 Å². The van der Waals surface area contributed by atoms with E-state index in [0.717, 1.165) is 56.4 Å². The van der Waals surface area contributed by atoms with E-state index in [4.69, 9.17) is 11.6 Å². The van der Waals surface area contributed by atoms with Crippen LogP contribution in [0.25, 0.3) is 0 Å². The average molecular weight is 283 g/mol. The molecule has 2 bridgehead atoms. The third-order valence-corrected chi connectivity index (χ3v) is 6.27. The second kappa shape index (κ2) is 4.63. The predicted octanol–water partition coefficient (Wildman–Crippen LogP) is 1.66. The molecule has 1 saturated heterocycles. The molecule has 0 aromatic heterocycles. The number of amides is 1. The highest BCUT2D eigenvalue weighted by molar-refractivity contribution is 6.18. The van der Waals surface area contributed by atoms with Gasteiger partial charge in [-0.2, -0.15) is 0 Å². The number of hydrogen-bond donors (Lipinski definition) is 0. The van der Waals surface area contributed by atoms with Crippen molar-refractivity contribution >= 4 is 17.5 Å². The third kappa shape index (κ3) is 1.92. The van der Waals surface area contributed by atoms with Crippen LogP contribution in [0.5, 0.6) is 0 Å². The molecule has 0 spiro atoms. The first-order chi connectivity index (χ1) is 9.29. The summed E-state index contributed by atoms with van der Waals surface area (Å²) in [5, 5.41) is 0. The van der Waals surface area contributed by atoms with E-state index in [-0.39, 0.29) is 0 Å². The minimum atomic E-state index is 0.422. The van der Waals surface area contributed by atoms with Crippen molar-refractivity contribution in [3.8, 4) is 0 Å². The quantitative estimate of drug-likeness (QED) is 0.735. The standard InChI is InChI=1S/C15H23ClN2O/c16-3-4-17-5-7-18(8-6-17)15(19)14-12-10-1-2-11(9-10)13(12)14/h10-14H,1-9H2. The fraction of sp³-hybridized carbons (Fsp3) is 0.933. The van der Waals surface area contributed by atoms with E-state index in [1.807, 2.05) is 0 Å². The molecule has 4 aliphatic rings. The molecule has 0 aromatic rings. The van der Waals surface area contributed by atoms with Crippen LogP contribution >= 0.6 is 11.6 Å². The van der Waals surface area contributed by atoms with Crippen molar-refractivity contribution in [1.82, 2.24) is 9.80 Å². The minimum Gasteiger partial charge on any atom is -0.340 e. The lowest BCUT2D eigenvalue weighted by Crippen LogP contribution is -2.50. The maximum absolute atomic E-state index is 12.6.